The molecule has 1 aliphatic rings. The quantitative estimate of drug-likeness (QED) is 0.593. The maximum Gasteiger partial charge on any atom is 0.113 e. The fourth-order valence-corrected chi connectivity index (χ4v) is 4.60. The van der Waals surface area contributed by atoms with E-state index in [-0.39, 0.29) is 15.2 Å². The number of alkyl halides is 1. The summed E-state index contributed by atoms with van der Waals surface area (Å²) >= 11 is 3.58. The number of rotatable bonds is 0. The van der Waals surface area contributed by atoms with Crippen LogP contribution in [0.3, 0.4) is 0 Å². The van der Waals surface area contributed by atoms with Crippen molar-refractivity contribution in [2.45, 2.75) is 51.3 Å². The molecule has 0 unspecified atom stereocenters. The van der Waals surface area contributed by atoms with Crippen LogP contribution in [-0.2, 0) is 0 Å². The van der Waals surface area contributed by atoms with Gasteiger partial charge in [0.05, 0.1) is 6.07 Å². The van der Waals surface area contributed by atoms with E-state index in [1.807, 2.05) is 0 Å². The predicted molar refractivity (Wildman–Crippen MR) is 58.7 cm³/mol. The van der Waals surface area contributed by atoms with Crippen molar-refractivity contribution in [2.75, 3.05) is 0 Å². The van der Waals surface area contributed by atoms with Crippen molar-refractivity contribution in [1.82, 2.24) is 0 Å². The van der Waals surface area contributed by atoms with Crippen molar-refractivity contribution in [2.24, 2.45) is 10.8 Å². The van der Waals surface area contributed by atoms with E-state index >= 15 is 0 Å². The van der Waals surface area contributed by atoms with Crippen LogP contribution in [0, 0.1) is 22.2 Å². The summed E-state index contributed by atoms with van der Waals surface area (Å²) < 4.78 is -0.293. The lowest BCUT2D eigenvalue weighted by Crippen LogP contribution is -2.41. The highest BCUT2D eigenvalue weighted by atomic mass is 79.9. The molecule has 0 amide bonds. The van der Waals surface area contributed by atoms with Gasteiger partial charge < -0.3 is 0 Å². The second-order valence-electron chi connectivity index (χ2n) is 5.94. The SMILES string of the molecule is CC1(C)CC(C)(C)CC(Br)(C#N)C1. The molecule has 2 heteroatoms. The molecule has 0 saturated heterocycles. The van der Waals surface area contributed by atoms with Crippen LogP contribution < -0.4 is 0 Å². The van der Waals surface area contributed by atoms with Gasteiger partial charge in [-0.3, -0.25) is 0 Å². The van der Waals surface area contributed by atoms with Crippen LogP contribution in [0.5, 0.6) is 0 Å². The van der Waals surface area contributed by atoms with E-state index in [0.717, 1.165) is 12.8 Å². The molecule has 13 heavy (non-hydrogen) atoms. The van der Waals surface area contributed by atoms with Crippen LogP contribution in [0.2, 0.25) is 0 Å². The fraction of sp³-hybridized carbons (Fsp3) is 0.909. The van der Waals surface area contributed by atoms with Crippen molar-refractivity contribution >= 4 is 15.9 Å². The Morgan fingerprint density at radius 2 is 1.38 bits per heavy atom. The van der Waals surface area contributed by atoms with E-state index in [4.69, 9.17) is 5.26 Å². The Bertz CT molecular complexity index is 231. The Hall–Kier alpha value is -0.0300. The monoisotopic (exact) mass is 243 g/mol. The second kappa shape index (κ2) is 2.98. The molecular formula is C11H18BrN. The van der Waals surface area contributed by atoms with Gasteiger partial charge in [0.25, 0.3) is 0 Å². The molecule has 0 spiro atoms. The van der Waals surface area contributed by atoms with E-state index < -0.39 is 0 Å². The smallest absolute Gasteiger partial charge is 0.113 e. The molecule has 1 nitrogen and oxygen atoms in total. The lowest BCUT2D eigenvalue weighted by molar-refractivity contribution is 0.104. The Morgan fingerprint density at radius 3 is 1.69 bits per heavy atom. The van der Waals surface area contributed by atoms with Gasteiger partial charge in [0.1, 0.15) is 4.32 Å². The van der Waals surface area contributed by atoms with Crippen molar-refractivity contribution in [3.63, 3.8) is 0 Å². The van der Waals surface area contributed by atoms with Gasteiger partial charge in [0.15, 0.2) is 0 Å². The summed E-state index contributed by atoms with van der Waals surface area (Å²) in [6.45, 7) is 9.01. The van der Waals surface area contributed by atoms with Gasteiger partial charge in [0.2, 0.25) is 0 Å². The molecule has 0 aliphatic heterocycles. The molecule has 1 fully saturated rings. The number of hydrogen-bond donors (Lipinski definition) is 0. The lowest BCUT2D eigenvalue weighted by Gasteiger charge is -2.46. The van der Waals surface area contributed by atoms with E-state index in [1.165, 1.54) is 6.42 Å². The molecule has 0 N–H and O–H groups in total. The first kappa shape index (κ1) is 11.0. The Labute approximate surface area is 89.6 Å². The van der Waals surface area contributed by atoms with Crippen LogP contribution in [0.1, 0.15) is 47.0 Å². The van der Waals surface area contributed by atoms with Gasteiger partial charge in [-0.2, -0.15) is 5.26 Å². The summed E-state index contributed by atoms with van der Waals surface area (Å²) in [5, 5.41) is 9.12. The van der Waals surface area contributed by atoms with Gasteiger partial charge in [0, 0.05) is 0 Å². The zero-order valence-electron chi connectivity index (χ0n) is 8.95. The minimum atomic E-state index is -0.293. The first-order valence-electron chi connectivity index (χ1n) is 4.78. The Kier molecular flexibility index (Phi) is 2.54. The molecule has 1 aliphatic carbocycles. The minimum Gasteiger partial charge on any atom is -0.197 e. The molecular weight excluding hydrogens is 226 g/mol. The summed E-state index contributed by atoms with van der Waals surface area (Å²) in [5.74, 6) is 0. The van der Waals surface area contributed by atoms with Gasteiger partial charge in [-0.25, -0.2) is 0 Å². The van der Waals surface area contributed by atoms with Crippen LogP contribution >= 0.6 is 15.9 Å². The summed E-state index contributed by atoms with van der Waals surface area (Å²) in [6, 6.07) is 2.41. The van der Waals surface area contributed by atoms with E-state index in [2.05, 4.69) is 49.7 Å². The summed E-state index contributed by atoms with van der Waals surface area (Å²) in [5.41, 5.74) is 0.558. The van der Waals surface area contributed by atoms with Gasteiger partial charge in [-0.1, -0.05) is 43.6 Å². The molecule has 0 aromatic rings. The molecule has 0 aromatic heterocycles. The summed E-state index contributed by atoms with van der Waals surface area (Å²) in [6.07, 6.45) is 3.12. The zero-order valence-corrected chi connectivity index (χ0v) is 10.5. The largest absolute Gasteiger partial charge is 0.197 e. The van der Waals surface area contributed by atoms with Crippen molar-refractivity contribution in [3.05, 3.63) is 0 Å². The van der Waals surface area contributed by atoms with Crippen LogP contribution in [0.25, 0.3) is 0 Å². The fourth-order valence-electron chi connectivity index (χ4n) is 3.08. The lowest BCUT2D eigenvalue weighted by atomic mass is 9.62. The standard InChI is InChI=1S/C11H18BrN/c1-9(2)5-10(3,4)7-11(12,6-9)8-13/h5-7H2,1-4H3. The van der Waals surface area contributed by atoms with E-state index in [1.54, 1.807) is 0 Å². The zero-order chi connectivity index (χ0) is 10.3. The van der Waals surface area contributed by atoms with Gasteiger partial charge >= 0.3 is 0 Å². The highest BCUT2D eigenvalue weighted by molar-refractivity contribution is 9.10. The Balaban J connectivity index is 2.92. The maximum atomic E-state index is 9.12. The van der Waals surface area contributed by atoms with Crippen molar-refractivity contribution < 1.29 is 0 Å². The highest BCUT2D eigenvalue weighted by Crippen LogP contribution is 2.53. The molecule has 0 bridgehead atoms. The molecule has 0 atom stereocenters. The molecule has 1 saturated carbocycles. The maximum absolute atomic E-state index is 9.12. The van der Waals surface area contributed by atoms with Gasteiger partial charge in [-0.15, -0.1) is 0 Å². The van der Waals surface area contributed by atoms with Crippen LogP contribution in [0.15, 0.2) is 0 Å². The molecule has 74 valence electrons. The van der Waals surface area contributed by atoms with Crippen LogP contribution in [-0.4, -0.2) is 4.32 Å². The molecule has 0 aromatic carbocycles. The third-order valence-corrected chi connectivity index (χ3v) is 3.41. The summed E-state index contributed by atoms with van der Waals surface area (Å²) in [4.78, 5) is 0. The first-order valence-corrected chi connectivity index (χ1v) is 5.58. The molecule has 1 rings (SSSR count). The third-order valence-electron chi connectivity index (χ3n) is 2.67. The highest BCUT2D eigenvalue weighted by Gasteiger charge is 2.46. The van der Waals surface area contributed by atoms with Crippen LogP contribution in [0.4, 0.5) is 0 Å². The number of nitriles is 1. The van der Waals surface area contributed by atoms with E-state index in [0.29, 0.717) is 0 Å². The number of hydrogen-bond acceptors (Lipinski definition) is 1. The topological polar surface area (TPSA) is 23.8 Å². The third kappa shape index (κ3) is 2.71. The average Bonchev–Trinajstić information content (AvgIpc) is 1.79. The molecule has 0 radical (unpaired) electrons. The predicted octanol–water partition coefficient (Wildman–Crippen LogP) is 3.88. The van der Waals surface area contributed by atoms with Gasteiger partial charge in [-0.05, 0) is 30.1 Å². The first-order chi connectivity index (χ1) is 5.68. The molecule has 0 heterocycles. The van der Waals surface area contributed by atoms with Crippen molar-refractivity contribution in [3.8, 4) is 6.07 Å². The number of halogens is 1. The second-order valence-corrected chi connectivity index (χ2v) is 7.45. The normalized spacial score (nSPS) is 29.2. The van der Waals surface area contributed by atoms with Crippen molar-refractivity contribution in [1.29, 1.82) is 5.26 Å². The summed E-state index contributed by atoms with van der Waals surface area (Å²) in [7, 11) is 0. The van der Waals surface area contributed by atoms with E-state index in [9.17, 15) is 0 Å². The average molecular weight is 244 g/mol. The Morgan fingerprint density at radius 1 is 1.00 bits per heavy atom. The minimum absolute atomic E-state index is 0.279. The number of nitrogens with zero attached hydrogens (tertiary/aromatic N) is 1.